The van der Waals surface area contributed by atoms with Gasteiger partial charge in [0.05, 0.1) is 0 Å². The number of carbonyl (C=O) groups is 3. The lowest BCUT2D eigenvalue weighted by Crippen LogP contribution is -2.30. The van der Waals surface area contributed by atoms with Gasteiger partial charge in [-0.15, -0.1) is 0 Å². The number of esters is 3. The normalized spacial score (nSPS) is 12.0. The van der Waals surface area contributed by atoms with Crippen molar-refractivity contribution >= 4 is 17.9 Å². The van der Waals surface area contributed by atoms with Crippen LogP contribution in [0.1, 0.15) is 330 Å². The maximum atomic E-state index is 12.8. The zero-order valence-electron chi connectivity index (χ0n) is 44.6. The monoisotopic (exact) mass is 919 g/mol. The van der Waals surface area contributed by atoms with Crippen LogP contribution in [0, 0.1) is 11.8 Å². The van der Waals surface area contributed by atoms with E-state index in [2.05, 4.69) is 34.6 Å². The van der Waals surface area contributed by atoms with Gasteiger partial charge in [0.15, 0.2) is 6.10 Å². The van der Waals surface area contributed by atoms with Crippen LogP contribution in [-0.4, -0.2) is 37.2 Å². The molecule has 0 aromatic rings. The molecule has 0 amide bonds. The fourth-order valence-electron chi connectivity index (χ4n) is 9.05. The molecule has 0 aromatic carbocycles. The highest BCUT2D eigenvalue weighted by atomic mass is 16.6. The summed E-state index contributed by atoms with van der Waals surface area (Å²) in [6.07, 6.45) is 55.2. The molecule has 0 spiro atoms. The third-order valence-corrected chi connectivity index (χ3v) is 13.5. The molecule has 0 rings (SSSR count). The molecule has 65 heavy (non-hydrogen) atoms. The fraction of sp³-hybridized carbons (Fsp3) is 0.949. The van der Waals surface area contributed by atoms with E-state index in [1.165, 1.54) is 218 Å². The van der Waals surface area contributed by atoms with Gasteiger partial charge in [-0.05, 0) is 31.1 Å². The smallest absolute Gasteiger partial charge is 0.306 e. The molecule has 0 fully saturated rings. The van der Waals surface area contributed by atoms with Crippen molar-refractivity contribution < 1.29 is 28.6 Å². The Morgan fingerprint density at radius 2 is 0.508 bits per heavy atom. The number of rotatable bonds is 53. The zero-order chi connectivity index (χ0) is 47.5. The molecule has 0 heterocycles. The van der Waals surface area contributed by atoms with Crippen LogP contribution in [0.3, 0.4) is 0 Å². The lowest BCUT2D eigenvalue weighted by Gasteiger charge is -2.18. The molecular weight excluding hydrogens is 805 g/mol. The van der Waals surface area contributed by atoms with Crippen molar-refractivity contribution in [2.75, 3.05) is 13.2 Å². The highest BCUT2D eigenvalue weighted by Crippen LogP contribution is 2.18. The first-order valence-electron chi connectivity index (χ1n) is 29.2. The minimum absolute atomic E-state index is 0.0625. The van der Waals surface area contributed by atoms with E-state index in [1.807, 2.05) is 0 Å². The van der Waals surface area contributed by atoms with Gasteiger partial charge >= 0.3 is 17.9 Å². The van der Waals surface area contributed by atoms with Gasteiger partial charge in [0.25, 0.3) is 0 Å². The number of ether oxygens (including phenoxy) is 3. The van der Waals surface area contributed by atoms with Crippen LogP contribution >= 0.6 is 0 Å². The molecule has 0 aliphatic heterocycles. The third kappa shape index (κ3) is 53.2. The summed E-state index contributed by atoms with van der Waals surface area (Å²) in [6.45, 7) is 11.4. The largest absolute Gasteiger partial charge is 0.462 e. The van der Waals surface area contributed by atoms with Crippen molar-refractivity contribution in [2.45, 2.75) is 336 Å². The van der Waals surface area contributed by atoms with Crippen molar-refractivity contribution in [1.29, 1.82) is 0 Å². The van der Waals surface area contributed by atoms with Crippen LogP contribution in [0.2, 0.25) is 0 Å². The van der Waals surface area contributed by atoms with Crippen LogP contribution in [0.5, 0.6) is 0 Å². The molecule has 0 aliphatic rings. The Bertz CT molecular complexity index is 993. The first kappa shape index (κ1) is 63.4. The lowest BCUT2D eigenvalue weighted by atomic mass is 10.0. The SMILES string of the molecule is CCCCCCCCCCCCCC(=O)O[C@H](COC(=O)CCCCCCCCCCCCCCCCCCC(C)C)COC(=O)CCCCCCCCCCCCCCCCC(C)C. The van der Waals surface area contributed by atoms with Gasteiger partial charge in [0.1, 0.15) is 13.2 Å². The van der Waals surface area contributed by atoms with E-state index >= 15 is 0 Å². The van der Waals surface area contributed by atoms with Crippen molar-refractivity contribution in [1.82, 2.24) is 0 Å². The predicted molar refractivity (Wildman–Crippen MR) is 280 cm³/mol. The predicted octanol–water partition coefficient (Wildman–Crippen LogP) is 19.3. The number of hydrogen-bond acceptors (Lipinski definition) is 6. The Balaban J connectivity index is 4.23. The van der Waals surface area contributed by atoms with Crippen LogP contribution < -0.4 is 0 Å². The first-order valence-corrected chi connectivity index (χ1v) is 29.2. The second-order valence-corrected chi connectivity index (χ2v) is 21.2. The summed E-state index contributed by atoms with van der Waals surface area (Å²) < 4.78 is 16.9. The van der Waals surface area contributed by atoms with Gasteiger partial charge in [-0.2, -0.15) is 0 Å². The molecule has 0 saturated heterocycles. The molecule has 0 unspecified atom stereocenters. The molecule has 0 aliphatic carbocycles. The van der Waals surface area contributed by atoms with Gasteiger partial charge in [0.2, 0.25) is 0 Å². The summed E-state index contributed by atoms with van der Waals surface area (Å²) in [5.74, 6) is 0.859. The molecule has 6 nitrogen and oxygen atoms in total. The summed E-state index contributed by atoms with van der Waals surface area (Å²) in [7, 11) is 0. The quantitative estimate of drug-likeness (QED) is 0.0344. The van der Waals surface area contributed by atoms with Crippen LogP contribution in [0.15, 0.2) is 0 Å². The van der Waals surface area contributed by atoms with Gasteiger partial charge < -0.3 is 14.2 Å². The second-order valence-electron chi connectivity index (χ2n) is 21.2. The summed E-state index contributed by atoms with van der Waals surface area (Å²) in [5.41, 5.74) is 0. The van der Waals surface area contributed by atoms with E-state index in [0.717, 1.165) is 69.6 Å². The average Bonchev–Trinajstić information content (AvgIpc) is 3.28. The zero-order valence-corrected chi connectivity index (χ0v) is 44.6. The summed E-state index contributed by atoms with van der Waals surface area (Å²) in [6, 6.07) is 0. The number of unbranched alkanes of at least 4 members (excludes halogenated alkanes) is 38. The highest BCUT2D eigenvalue weighted by Gasteiger charge is 2.19. The van der Waals surface area contributed by atoms with Crippen molar-refractivity contribution in [2.24, 2.45) is 11.8 Å². The van der Waals surface area contributed by atoms with E-state index in [1.54, 1.807) is 0 Å². The average molecular weight is 920 g/mol. The van der Waals surface area contributed by atoms with Crippen molar-refractivity contribution in [3.05, 3.63) is 0 Å². The molecule has 0 radical (unpaired) electrons. The minimum atomic E-state index is -0.762. The molecule has 0 N–H and O–H groups in total. The summed E-state index contributed by atoms with van der Waals surface area (Å²) in [4.78, 5) is 38.1. The van der Waals surface area contributed by atoms with E-state index in [9.17, 15) is 14.4 Å². The van der Waals surface area contributed by atoms with E-state index in [-0.39, 0.29) is 31.1 Å². The van der Waals surface area contributed by atoms with Crippen LogP contribution in [-0.2, 0) is 28.6 Å². The third-order valence-electron chi connectivity index (χ3n) is 13.5. The van der Waals surface area contributed by atoms with Crippen LogP contribution in [0.25, 0.3) is 0 Å². The molecule has 386 valence electrons. The minimum Gasteiger partial charge on any atom is -0.462 e. The van der Waals surface area contributed by atoms with Crippen molar-refractivity contribution in [3.63, 3.8) is 0 Å². The Morgan fingerprint density at radius 1 is 0.292 bits per heavy atom. The van der Waals surface area contributed by atoms with E-state index in [0.29, 0.717) is 19.3 Å². The Hall–Kier alpha value is -1.59. The Labute approximate surface area is 406 Å². The standard InChI is InChI=1S/C59H114O6/c1-6-7-8-9-10-11-22-31-36-41-46-51-59(62)65-56(53-64-58(61)50-45-40-35-30-26-21-17-16-19-24-28-33-38-43-48-55(4)5)52-63-57(60)49-44-39-34-29-25-20-15-13-12-14-18-23-27-32-37-42-47-54(2)3/h54-56H,6-53H2,1-5H3/t56-/m1/s1. The topological polar surface area (TPSA) is 78.9 Å². The molecule has 6 heteroatoms. The van der Waals surface area contributed by atoms with Gasteiger partial charge in [-0.1, -0.05) is 291 Å². The maximum Gasteiger partial charge on any atom is 0.306 e. The highest BCUT2D eigenvalue weighted by molar-refractivity contribution is 5.71. The fourth-order valence-corrected chi connectivity index (χ4v) is 9.05. The molecular formula is C59H114O6. The second kappa shape index (κ2) is 51.8. The van der Waals surface area contributed by atoms with Gasteiger partial charge in [-0.3, -0.25) is 14.4 Å². The molecule has 0 saturated carbocycles. The van der Waals surface area contributed by atoms with Gasteiger partial charge in [0, 0.05) is 19.3 Å². The summed E-state index contributed by atoms with van der Waals surface area (Å²) >= 11 is 0. The maximum absolute atomic E-state index is 12.8. The number of carbonyl (C=O) groups excluding carboxylic acids is 3. The number of hydrogen-bond donors (Lipinski definition) is 0. The van der Waals surface area contributed by atoms with E-state index < -0.39 is 6.10 Å². The van der Waals surface area contributed by atoms with Crippen LogP contribution in [0.4, 0.5) is 0 Å². The molecule has 0 aromatic heterocycles. The van der Waals surface area contributed by atoms with Gasteiger partial charge in [-0.25, -0.2) is 0 Å². The molecule has 0 bridgehead atoms. The lowest BCUT2D eigenvalue weighted by molar-refractivity contribution is -0.167. The molecule has 1 atom stereocenters. The Morgan fingerprint density at radius 3 is 0.754 bits per heavy atom. The Kier molecular flexibility index (Phi) is 50.5. The first-order chi connectivity index (χ1) is 31.7. The van der Waals surface area contributed by atoms with Crippen molar-refractivity contribution in [3.8, 4) is 0 Å². The van der Waals surface area contributed by atoms with E-state index in [4.69, 9.17) is 14.2 Å². The summed E-state index contributed by atoms with van der Waals surface area (Å²) in [5, 5.41) is 0.